The molecule has 2 fully saturated rings. The molecule has 0 saturated carbocycles. The van der Waals surface area contributed by atoms with Crippen molar-refractivity contribution >= 4 is 17.5 Å². The Kier molecular flexibility index (Phi) is 3.78. The third-order valence-corrected chi connectivity index (χ3v) is 5.92. The molecule has 25 heavy (non-hydrogen) atoms. The van der Waals surface area contributed by atoms with Crippen LogP contribution in [-0.2, 0) is 9.53 Å². The minimum atomic E-state index is -0.548. The van der Waals surface area contributed by atoms with Crippen LogP contribution in [0.3, 0.4) is 0 Å². The lowest BCUT2D eigenvalue weighted by molar-refractivity contribution is -0.157. The number of hydrogen-bond donors (Lipinski definition) is 0. The zero-order valence-electron chi connectivity index (χ0n) is 14.6. The highest BCUT2D eigenvalue weighted by molar-refractivity contribution is 5.96. The van der Waals surface area contributed by atoms with Gasteiger partial charge in [0.15, 0.2) is 0 Å². The Labute approximate surface area is 146 Å². The lowest BCUT2D eigenvalue weighted by Gasteiger charge is -2.34. The van der Waals surface area contributed by atoms with Crippen molar-refractivity contribution in [2.45, 2.75) is 51.6 Å². The van der Waals surface area contributed by atoms with E-state index >= 15 is 0 Å². The monoisotopic (exact) mass is 341 g/mol. The predicted octanol–water partition coefficient (Wildman–Crippen LogP) is 2.67. The topological polar surface area (TPSA) is 63.9 Å². The number of carbonyl (C=O) groups excluding carboxylic acids is 2. The van der Waals surface area contributed by atoms with E-state index in [9.17, 15) is 9.59 Å². The van der Waals surface area contributed by atoms with Crippen LogP contribution in [0, 0.1) is 5.41 Å². The molecule has 132 valence electrons. The number of imidazole rings is 1. The van der Waals surface area contributed by atoms with Gasteiger partial charge in [0, 0.05) is 30.7 Å². The van der Waals surface area contributed by atoms with Gasteiger partial charge in [0.05, 0.1) is 17.6 Å². The van der Waals surface area contributed by atoms with Crippen LogP contribution in [0.5, 0.6) is 0 Å². The maximum Gasteiger partial charge on any atom is 0.314 e. The summed E-state index contributed by atoms with van der Waals surface area (Å²) < 4.78 is 7.22. The summed E-state index contributed by atoms with van der Waals surface area (Å²) in [6.45, 7) is 4.23. The summed E-state index contributed by atoms with van der Waals surface area (Å²) in [4.78, 5) is 32.0. The fourth-order valence-electron chi connectivity index (χ4n) is 4.70. The molecule has 0 radical (unpaired) electrons. The van der Waals surface area contributed by atoms with Crippen LogP contribution in [0.25, 0.3) is 5.65 Å². The maximum absolute atomic E-state index is 13.2. The average molecular weight is 341 g/mol. The quantitative estimate of drug-likeness (QED) is 0.802. The van der Waals surface area contributed by atoms with Gasteiger partial charge in [0.1, 0.15) is 5.65 Å². The molecule has 6 nitrogen and oxygen atoms in total. The summed E-state index contributed by atoms with van der Waals surface area (Å²) in [5, 5.41) is 0. The van der Waals surface area contributed by atoms with E-state index in [-0.39, 0.29) is 24.0 Å². The predicted molar refractivity (Wildman–Crippen MR) is 92.1 cm³/mol. The van der Waals surface area contributed by atoms with Gasteiger partial charge < -0.3 is 14.0 Å². The van der Waals surface area contributed by atoms with E-state index in [1.165, 1.54) is 0 Å². The second-order valence-corrected chi connectivity index (χ2v) is 7.00. The molecule has 4 heterocycles. The number of carbonyl (C=O) groups is 2. The minimum Gasteiger partial charge on any atom is -0.466 e. The van der Waals surface area contributed by atoms with Gasteiger partial charge in [-0.05, 0) is 44.7 Å². The molecule has 6 heteroatoms. The summed E-state index contributed by atoms with van der Waals surface area (Å²) in [6, 6.07) is 3.73. The first-order valence-corrected chi connectivity index (χ1v) is 9.03. The van der Waals surface area contributed by atoms with E-state index in [0.717, 1.165) is 18.5 Å². The van der Waals surface area contributed by atoms with Crippen LogP contribution in [0.15, 0.2) is 30.7 Å². The van der Waals surface area contributed by atoms with Crippen LogP contribution >= 0.6 is 0 Å². The lowest BCUT2D eigenvalue weighted by atomic mass is 9.72. The molecule has 2 aromatic heterocycles. The molecule has 2 aliphatic rings. The van der Waals surface area contributed by atoms with Crippen molar-refractivity contribution in [1.82, 2.24) is 14.3 Å². The Morgan fingerprint density at radius 3 is 2.92 bits per heavy atom. The van der Waals surface area contributed by atoms with Crippen LogP contribution in [0.1, 0.15) is 49.9 Å². The first-order chi connectivity index (χ1) is 12.1. The van der Waals surface area contributed by atoms with Crippen LogP contribution < -0.4 is 0 Å². The van der Waals surface area contributed by atoms with Crippen molar-refractivity contribution in [2.24, 2.45) is 5.41 Å². The number of amides is 1. The third kappa shape index (κ3) is 2.27. The van der Waals surface area contributed by atoms with E-state index < -0.39 is 5.41 Å². The molecule has 0 spiro atoms. The van der Waals surface area contributed by atoms with E-state index in [0.29, 0.717) is 25.0 Å². The van der Waals surface area contributed by atoms with E-state index in [4.69, 9.17) is 4.74 Å². The summed E-state index contributed by atoms with van der Waals surface area (Å²) in [5.41, 5.74) is 0.904. The molecule has 2 bridgehead atoms. The summed E-state index contributed by atoms with van der Waals surface area (Å²) in [7, 11) is 0. The van der Waals surface area contributed by atoms with Crippen molar-refractivity contribution in [3.05, 3.63) is 36.3 Å². The van der Waals surface area contributed by atoms with Crippen molar-refractivity contribution in [3.8, 4) is 0 Å². The molecule has 3 atom stereocenters. The second-order valence-electron chi connectivity index (χ2n) is 7.00. The van der Waals surface area contributed by atoms with Gasteiger partial charge in [0.25, 0.3) is 5.91 Å². The number of hydrogen-bond acceptors (Lipinski definition) is 4. The number of pyridine rings is 1. The number of esters is 1. The van der Waals surface area contributed by atoms with Gasteiger partial charge in [-0.1, -0.05) is 6.92 Å². The fraction of sp³-hybridized carbons (Fsp3) is 0.526. The Morgan fingerprint density at radius 2 is 2.16 bits per heavy atom. The molecule has 0 aliphatic carbocycles. The molecule has 1 amide bonds. The standard InChI is InChI=1S/C19H23N3O3/c1-3-19(18(24)25-4-2)11-14-6-7-15(19)22(14)17(23)13-5-8-16-20-9-10-21(16)12-13/h5,8-10,12,14-15H,3-4,6-7,11H2,1-2H3/t14-,15+,19+/m1/s1. The number of rotatable bonds is 4. The van der Waals surface area contributed by atoms with Crippen molar-refractivity contribution < 1.29 is 14.3 Å². The molecule has 2 aliphatic heterocycles. The smallest absolute Gasteiger partial charge is 0.314 e. The Balaban J connectivity index is 1.66. The number of ether oxygens (including phenoxy) is 1. The first-order valence-electron chi connectivity index (χ1n) is 9.03. The molecular formula is C19H23N3O3. The third-order valence-electron chi connectivity index (χ3n) is 5.92. The summed E-state index contributed by atoms with van der Waals surface area (Å²) in [5.74, 6) is -0.143. The zero-order valence-corrected chi connectivity index (χ0v) is 14.6. The fourth-order valence-corrected chi connectivity index (χ4v) is 4.70. The normalized spacial score (nSPS) is 27.8. The van der Waals surface area contributed by atoms with E-state index in [1.54, 1.807) is 6.20 Å². The van der Waals surface area contributed by atoms with E-state index in [1.807, 2.05) is 47.7 Å². The highest BCUT2D eigenvalue weighted by Crippen LogP contribution is 2.52. The SMILES string of the molecule is CCOC(=O)[C@@]1(CC)C[C@H]2CC[C@@H]1N2C(=O)c1ccc2nccn2c1. The average Bonchev–Trinajstić information content (AvgIpc) is 3.33. The summed E-state index contributed by atoms with van der Waals surface area (Å²) >= 11 is 0. The maximum atomic E-state index is 13.2. The number of nitrogens with zero attached hydrogens (tertiary/aromatic N) is 3. The van der Waals surface area contributed by atoms with Crippen LogP contribution in [0.4, 0.5) is 0 Å². The number of fused-ring (bicyclic) bond motifs is 3. The number of aromatic nitrogens is 2. The van der Waals surface area contributed by atoms with Gasteiger partial charge >= 0.3 is 5.97 Å². The van der Waals surface area contributed by atoms with Crippen molar-refractivity contribution in [3.63, 3.8) is 0 Å². The molecule has 0 aromatic carbocycles. The molecule has 0 N–H and O–H groups in total. The van der Waals surface area contributed by atoms with Crippen LogP contribution in [0.2, 0.25) is 0 Å². The van der Waals surface area contributed by atoms with Crippen LogP contribution in [-0.4, -0.2) is 44.9 Å². The molecule has 2 saturated heterocycles. The van der Waals surface area contributed by atoms with Gasteiger partial charge in [-0.3, -0.25) is 9.59 Å². The zero-order chi connectivity index (χ0) is 17.6. The Morgan fingerprint density at radius 1 is 1.32 bits per heavy atom. The Bertz CT molecular complexity index is 830. The minimum absolute atomic E-state index is 0.00252. The van der Waals surface area contributed by atoms with Gasteiger partial charge in [-0.25, -0.2) is 4.98 Å². The second kappa shape index (κ2) is 5.86. The lowest BCUT2D eigenvalue weighted by Crippen LogP contribution is -2.45. The molecule has 2 aromatic rings. The molecule has 4 rings (SSSR count). The highest BCUT2D eigenvalue weighted by Gasteiger charge is 2.61. The van der Waals surface area contributed by atoms with Gasteiger partial charge in [-0.2, -0.15) is 0 Å². The molecule has 0 unspecified atom stereocenters. The van der Waals surface area contributed by atoms with Gasteiger partial charge in [0.2, 0.25) is 0 Å². The molecular weight excluding hydrogens is 318 g/mol. The largest absolute Gasteiger partial charge is 0.466 e. The van der Waals surface area contributed by atoms with Crippen molar-refractivity contribution in [2.75, 3.05) is 6.61 Å². The Hall–Kier alpha value is -2.37. The van der Waals surface area contributed by atoms with Crippen molar-refractivity contribution in [1.29, 1.82) is 0 Å². The summed E-state index contributed by atoms with van der Waals surface area (Å²) in [6.07, 6.45) is 8.62. The highest BCUT2D eigenvalue weighted by atomic mass is 16.5. The first kappa shape index (κ1) is 16.1. The van der Waals surface area contributed by atoms with Gasteiger partial charge in [-0.15, -0.1) is 0 Å². The van der Waals surface area contributed by atoms with E-state index in [2.05, 4.69) is 4.98 Å².